The molecule has 3 rings (SSSR count). The molecule has 1 aromatic heterocycles. The van der Waals surface area contributed by atoms with E-state index < -0.39 is 0 Å². The molecule has 0 bridgehead atoms. The number of aromatic nitrogens is 2. The molecule has 2 aromatic rings. The Labute approximate surface area is 133 Å². The standard InChI is InChI=1S/C19H27N3/c1-3-12-22-13-6-5-7-18(22)19-20-14-17(21-19)16-10-8-15(4-2)9-11-16/h8-11,14,18H,3-7,12-13H2,1-2H3,(H,20,21). The maximum Gasteiger partial charge on any atom is 0.123 e. The summed E-state index contributed by atoms with van der Waals surface area (Å²) in [7, 11) is 0. The van der Waals surface area contributed by atoms with Crippen molar-refractivity contribution >= 4 is 0 Å². The van der Waals surface area contributed by atoms with E-state index in [4.69, 9.17) is 4.98 Å². The second kappa shape index (κ2) is 7.10. The largest absolute Gasteiger partial charge is 0.341 e. The number of hydrogen-bond donors (Lipinski definition) is 1. The number of nitrogens with zero attached hydrogens (tertiary/aromatic N) is 2. The summed E-state index contributed by atoms with van der Waals surface area (Å²) in [6.07, 6.45) is 8.15. The van der Waals surface area contributed by atoms with E-state index in [0.29, 0.717) is 6.04 Å². The number of benzene rings is 1. The number of hydrogen-bond acceptors (Lipinski definition) is 2. The zero-order valence-electron chi connectivity index (χ0n) is 13.8. The summed E-state index contributed by atoms with van der Waals surface area (Å²) in [5.74, 6) is 1.14. The molecule has 0 saturated carbocycles. The molecule has 0 amide bonds. The third-order valence-electron chi connectivity index (χ3n) is 4.71. The SMILES string of the molecule is CCCN1CCCCC1c1ncc(-c2ccc(CC)cc2)[nH]1. The Balaban J connectivity index is 1.79. The predicted molar refractivity (Wildman–Crippen MR) is 91.9 cm³/mol. The topological polar surface area (TPSA) is 31.9 Å². The van der Waals surface area contributed by atoms with Gasteiger partial charge in [-0.2, -0.15) is 0 Å². The third-order valence-corrected chi connectivity index (χ3v) is 4.71. The molecule has 1 aliphatic heterocycles. The number of imidazole rings is 1. The van der Waals surface area contributed by atoms with Gasteiger partial charge in [0.2, 0.25) is 0 Å². The van der Waals surface area contributed by atoms with Gasteiger partial charge in [-0.25, -0.2) is 4.98 Å². The molecule has 1 atom stereocenters. The van der Waals surface area contributed by atoms with Crippen molar-refractivity contribution < 1.29 is 0 Å². The van der Waals surface area contributed by atoms with E-state index in [9.17, 15) is 0 Å². The highest BCUT2D eigenvalue weighted by Gasteiger charge is 2.25. The Bertz CT molecular complexity index is 583. The lowest BCUT2D eigenvalue weighted by Gasteiger charge is -2.34. The quantitative estimate of drug-likeness (QED) is 0.876. The van der Waals surface area contributed by atoms with Gasteiger partial charge in [-0.05, 0) is 49.9 Å². The summed E-state index contributed by atoms with van der Waals surface area (Å²) in [6, 6.07) is 9.28. The Hall–Kier alpha value is -1.61. The summed E-state index contributed by atoms with van der Waals surface area (Å²) >= 11 is 0. The molecule has 1 N–H and O–H groups in total. The minimum Gasteiger partial charge on any atom is -0.341 e. The molecule has 1 aliphatic rings. The molecule has 1 unspecified atom stereocenters. The van der Waals surface area contributed by atoms with Gasteiger partial charge < -0.3 is 4.98 Å². The molecule has 0 aliphatic carbocycles. The second-order valence-electron chi connectivity index (χ2n) is 6.28. The molecule has 3 nitrogen and oxygen atoms in total. The van der Waals surface area contributed by atoms with Crippen LogP contribution in [0.2, 0.25) is 0 Å². The molecule has 3 heteroatoms. The Morgan fingerprint density at radius 3 is 2.73 bits per heavy atom. The van der Waals surface area contributed by atoms with E-state index in [2.05, 4.69) is 48.0 Å². The van der Waals surface area contributed by atoms with Crippen LogP contribution in [0.5, 0.6) is 0 Å². The van der Waals surface area contributed by atoms with Crippen LogP contribution in [0.4, 0.5) is 0 Å². The highest BCUT2D eigenvalue weighted by atomic mass is 15.2. The molecule has 0 spiro atoms. The van der Waals surface area contributed by atoms with Crippen LogP contribution in [-0.4, -0.2) is 28.0 Å². The zero-order chi connectivity index (χ0) is 15.4. The van der Waals surface area contributed by atoms with Gasteiger partial charge in [0.25, 0.3) is 0 Å². The number of nitrogens with one attached hydrogen (secondary N) is 1. The number of likely N-dealkylation sites (tertiary alicyclic amines) is 1. The van der Waals surface area contributed by atoms with E-state index in [1.165, 1.54) is 49.9 Å². The molecular formula is C19H27N3. The van der Waals surface area contributed by atoms with Crippen LogP contribution in [0, 0.1) is 0 Å². The van der Waals surface area contributed by atoms with Gasteiger partial charge in [0.1, 0.15) is 5.82 Å². The van der Waals surface area contributed by atoms with Crippen molar-refractivity contribution in [1.82, 2.24) is 14.9 Å². The maximum absolute atomic E-state index is 4.69. The molecule has 1 aromatic carbocycles. The monoisotopic (exact) mass is 297 g/mol. The minimum atomic E-state index is 0.470. The van der Waals surface area contributed by atoms with E-state index in [-0.39, 0.29) is 0 Å². The molecule has 1 fully saturated rings. The van der Waals surface area contributed by atoms with Crippen molar-refractivity contribution in [3.63, 3.8) is 0 Å². The van der Waals surface area contributed by atoms with Gasteiger partial charge in [0.15, 0.2) is 0 Å². The maximum atomic E-state index is 4.69. The number of rotatable bonds is 5. The average Bonchev–Trinajstić information content (AvgIpc) is 3.05. The molecule has 22 heavy (non-hydrogen) atoms. The zero-order valence-corrected chi connectivity index (χ0v) is 13.8. The van der Waals surface area contributed by atoms with Gasteiger partial charge in [-0.1, -0.05) is 44.5 Å². The first-order valence-corrected chi connectivity index (χ1v) is 8.70. The fourth-order valence-electron chi connectivity index (χ4n) is 3.43. The molecule has 0 radical (unpaired) electrons. The van der Waals surface area contributed by atoms with E-state index in [0.717, 1.165) is 17.9 Å². The van der Waals surface area contributed by atoms with E-state index >= 15 is 0 Å². The highest BCUT2D eigenvalue weighted by molar-refractivity contribution is 5.58. The van der Waals surface area contributed by atoms with Gasteiger partial charge in [0.05, 0.1) is 17.9 Å². The number of H-pyrrole nitrogens is 1. The number of piperidine rings is 1. The van der Waals surface area contributed by atoms with Crippen LogP contribution in [0.3, 0.4) is 0 Å². The van der Waals surface area contributed by atoms with Crippen molar-refractivity contribution in [3.8, 4) is 11.3 Å². The smallest absolute Gasteiger partial charge is 0.123 e. The molecule has 118 valence electrons. The lowest BCUT2D eigenvalue weighted by Crippen LogP contribution is -2.34. The minimum absolute atomic E-state index is 0.470. The van der Waals surface area contributed by atoms with Crippen molar-refractivity contribution in [2.24, 2.45) is 0 Å². The van der Waals surface area contributed by atoms with Crippen LogP contribution in [-0.2, 0) is 6.42 Å². The Kier molecular flexibility index (Phi) is 4.94. The highest BCUT2D eigenvalue weighted by Crippen LogP contribution is 2.30. The van der Waals surface area contributed by atoms with Crippen molar-refractivity contribution in [2.75, 3.05) is 13.1 Å². The van der Waals surface area contributed by atoms with Crippen molar-refractivity contribution in [2.45, 2.75) is 52.0 Å². The predicted octanol–water partition coefficient (Wildman–Crippen LogP) is 4.58. The normalized spacial score (nSPS) is 19.5. The summed E-state index contributed by atoms with van der Waals surface area (Å²) in [6.45, 7) is 6.83. The Morgan fingerprint density at radius 1 is 1.18 bits per heavy atom. The second-order valence-corrected chi connectivity index (χ2v) is 6.28. The summed E-state index contributed by atoms with van der Waals surface area (Å²) in [4.78, 5) is 10.9. The molecular weight excluding hydrogens is 270 g/mol. The summed E-state index contributed by atoms with van der Waals surface area (Å²) in [5, 5.41) is 0. The van der Waals surface area contributed by atoms with Gasteiger partial charge >= 0.3 is 0 Å². The fourth-order valence-corrected chi connectivity index (χ4v) is 3.43. The van der Waals surface area contributed by atoms with Crippen LogP contribution in [0.25, 0.3) is 11.3 Å². The van der Waals surface area contributed by atoms with E-state index in [1.54, 1.807) is 0 Å². The first-order chi connectivity index (χ1) is 10.8. The van der Waals surface area contributed by atoms with Gasteiger partial charge in [0, 0.05) is 0 Å². The lowest BCUT2D eigenvalue weighted by atomic mass is 10.0. The first-order valence-electron chi connectivity index (χ1n) is 8.70. The fraction of sp³-hybridized carbons (Fsp3) is 0.526. The molecule has 1 saturated heterocycles. The van der Waals surface area contributed by atoms with Crippen LogP contribution < -0.4 is 0 Å². The van der Waals surface area contributed by atoms with Gasteiger partial charge in [-0.3, -0.25) is 4.90 Å². The average molecular weight is 297 g/mol. The van der Waals surface area contributed by atoms with Gasteiger partial charge in [-0.15, -0.1) is 0 Å². The van der Waals surface area contributed by atoms with E-state index in [1.807, 2.05) is 6.20 Å². The summed E-state index contributed by atoms with van der Waals surface area (Å²) in [5.41, 5.74) is 3.75. The summed E-state index contributed by atoms with van der Waals surface area (Å²) < 4.78 is 0. The number of aromatic amines is 1. The first kappa shape index (κ1) is 15.3. The van der Waals surface area contributed by atoms with Crippen LogP contribution in [0.1, 0.15) is 57.0 Å². The Morgan fingerprint density at radius 2 is 2.00 bits per heavy atom. The lowest BCUT2D eigenvalue weighted by molar-refractivity contribution is 0.143. The van der Waals surface area contributed by atoms with Crippen LogP contribution >= 0.6 is 0 Å². The van der Waals surface area contributed by atoms with Crippen LogP contribution in [0.15, 0.2) is 30.5 Å². The van der Waals surface area contributed by atoms with Crippen molar-refractivity contribution in [1.29, 1.82) is 0 Å². The third kappa shape index (κ3) is 3.25. The molecule has 2 heterocycles. The van der Waals surface area contributed by atoms with Crippen molar-refractivity contribution in [3.05, 3.63) is 41.9 Å². The number of aryl methyl sites for hydroxylation is 1.